The molecule has 0 aliphatic heterocycles. The van der Waals surface area contributed by atoms with Crippen molar-refractivity contribution in [3.8, 4) is 5.75 Å². The van der Waals surface area contributed by atoms with Crippen LogP contribution in [0.1, 0.15) is 38.3 Å². The van der Waals surface area contributed by atoms with Gasteiger partial charge in [0.2, 0.25) is 0 Å². The Bertz CT molecular complexity index is 491. The van der Waals surface area contributed by atoms with E-state index >= 15 is 0 Å². The molecule has 1 aromatic carbocycles. The molecule has 1 amide bonds. The minimum atomic E-state index is -0.458. The van der Waals surface area contributed by atoms with Gasteiger partial charge < -0.3 is 14.8 Å². The molecule has 1 atom stereocenters. The average Bonchev–Trinajstić information content (AvgIpc) is 2.35. The first-order valence-electron chi connectivity index (χ1n) is 7.03. The van der Waals surface area contributed by atoms with Crippen molar-refractivity contribution in [1.82, 2.24) is 5.32 Å². The first-order valence-corrected chi connectivity index (χ1v) is 7.03. The molecule has 1 aromatic rings. The number of benzene rings is 1. The Balaban J connectivity index is 2.00. The summed E-state index contributed by atoms with van der Waals surface area (Å²) >= 11 is 0. The van der Waals surface area contributed by atoms with Crippen LogP contribution in [0.25, 0.3) is 0 Å². The lowest BCUT2D eigenvalue weighted by molar-refractivity contribution is 0.0500. The molecule has 1 N–H and O–H groups in total. The topological polar surface area (TPSA) is 47.6 Å². The second kappa shape index (κ2) is 5.73. The molecule has 0 spiro atoms. The fourth-order valence-electron chi connectivity index (χ4n) is 2.56. The third-order valence-corrected chi connectivity index (χ3v) is 3.38. The molecular weight excluding hydrogens is 254 g/mol. The molecule has 2 rings (SSSR count). The Morgan fingerprint density at radius 3 is 2.75 bits per heavy atom. The quantitative estimate of drug-likeness (QED) is 0.903. The maximum atomic E-state index is 11.8. The van der Waals surface area contributed by atoms with Crippen molar-refractivity contribution in [3.05, 3.63) is 29.3 Å². The van der Waals surface area contributed by atoms with E-state index in [1.54, 1.807) is 7.11 Å². The Kier molecular flexibility index (Phi) is 4.21. The van der Waals surface area contributed by atoms with Gasteiger partial charge in [-0.2, -0.15) is 0 Å². The Hall–Kier alpha value is -1.71. The van der Waals surface area contributed by atoms with Crippen LogP contribution in [0.5, 0.6) is 5.75 Å². The lowest BCUT2D eigenvalue weighted by Crippen LogP contribution is -2.41. The predicted octanol–water partition coefficient (Wildman–Crippen LogP) is 3.08. The smallest absolute Gasteiger partial charge is 0.407 e. The molecule has 4 nitrogen and oxygen atoms in total. The van der Waals surface area contributed by atoms with E-state index in [0.717, 1.165) is 25.0 Å². The van der Waals surface area contributed by atoms with Crippen LogP contribution >= 0.6 is 0 Å². The van der Waals surface area contributed by atoms with E-state index in [1.165, 1.54) is 11.1 Å². The van der Waals surface area contributed by atoms with Crippen molar-refractivity contribution in [2.45, 2.75) is 51.7 Å². The number of carbonyl (C=O) groups is 1. The maximum Gasteiger partial charge on any atom is 0.407 e. The fraction of sp³-hybridized carbons (Fsp3) is 0.562. The minimum Gasteiger partial charge on any atom is -0.496 e. The van der Waals surface area contributed by atoms with Crippen LogP contribution in [0, 0.1) is 0 Å². The van der Waals surface area contributed by atoms with Crippen molar-refractivity contribution in [3.63, 3.8) is 0 Å². The molecule has 0 bridgehead atoms. The van der Waals surface area contributed by atoms with Gasteiger partial charge in [0.1, 0.15) is 11.4 Å². The summed E-state index contributed by atoms with van der Waals surface area (Å²) in [6.45, 7) is 5.61. The third kappa shape index (κ3) is 3.65. The SMILES string of the molecule is COc1cccc2c1CCC(NC(=O)OC(C)(C)C)C2. The zero-order valence-corrected chi connectivity index (χ0v) is 12.7. The molecule has 1 aliphatic carbocycles. The summed E-state index contributed by atoms with van der Waals surface area (Å²) < 4.78 is 10.7. The van der Waals surface area contributed by atoms with E-state index in [-0.39, 0.29) is 12.1 Å². The zero-order valence-electron chi connectivity index (χ0n) is 12.7. The van der Waals surface area contributed by atoms with Gasteiger partial charge >= 0.3 is 6.09 Å². The molecule has 0 saturated carbocycles. The Labute approximate surface area is 120 Å². The normalized spacial score (nSPS) is 18.1. The highest BCUT2D eigenvalue weighted by atomic mass is 16.6. The predicted molar refractivity (Wildman–Crippen MR) is 78.2 cm³/mol. The average molecular weight is 277 g/mol. The number of nitrogens with one attached hydrogen (secondary N) is 1. The van der Waals surface area contributed by atoms with Crippen LogP contribution in [-0.4, -0.2) is 24.8 Å². The molecule has 1 unspecified atom stereocenters. The van der Waals surface area contributed by atoms with Gasteiger partial charge in [0.15, 0.2) is 0 Å². The highest BCUT2D eigenvalue weighted by Crippen LogP contribution is 2.29. The van der Waals surface area contributed by atoms with E-state index in [2.05, 4.69) is 11.4 Å². The molecule has 1 aliphatic rings. The minimum absolute atomic E-state index is 0.129. The van der Waals surface area contributed by atoms with Gasteiger partial charge in [-0.25, -0.2) is 4.79 Å². The molecule has 0 saturated heterocycles. The zero-order chi connectivity index (χ0) is 14.8. The number of hydrogen-bond donors (Lipinski definition) is 1. The van der Waals surface area contributed by atoms with E-state index in [0.29, 0.717) is 0 Å². The van der Waals surface area contributed by atoms with Crippen molar-refractivity contribution in [2.24, 2.45) is 0 Å². The summed E-state index contributed by atoms with van der Waals surface area (Å²) in [4.78, 5) is 11.8. The van der Waals surface area contributed by atoms with E-state index in [4.69, 9.17) is 9.47 Å². The summed E-state index contributed by atoms with van der Waals surface area (Å²) in [6, 6.07) is 6.21. The number of ether oxygens (including phenoxy) is 2. The van der Waals surface area contributed by atoms with E-state index in [1.807, 2.05) is 32.9 Å². The van der Waals surface area contributed by atoms with Gasteiger partial charge in [0.05, 0.1) is 7.11 Å². The summed E-state index contributed by atoms with van der Waals surface area (Å²) in [5.41, 5.74) is 2.05. The molecule has 0 fully saturated rings. The summed E-state index contributed by atoms with van der Waals surface area (Å²) in [6.07, 6.45) is 2.31. The first-order chi connectivity index (χ1) is 9.39. The molecular formula is C16H23NO3. The monoisotopic (exact) mass is 277 g/mol. The van der Waals surface area contributed by atoms with Crippen LogP contribution in [0.2, 0.25) is 0 Å². The van der Waals surface area contributed by atoms with Crippen LogP contribution in [0.4, 0.5) is 4.79 Å². The van der Waals surface area contributed by atoms with Gasteiger partial charge in [0.25, 0.3) is 0 Å². The number of alkyl carbamates (subject to hydrolysis) is 1. The van der Waals surface area contributed by atoms with Crippen molar-refractivity contribution in [1.29, 1.82) is 0 Å². The van der Waals surface area contributed by atoms with Gasteiger partial charge in [0, 0.05) is 6.04 Å². The fourth-order valence-corrected chi connectivity index (χ4v) is 2.56. The summed E-state index contributed by atoms with van der Waals surface area (Å²) in [7, 11) is 1.70. The van der Waals surface area contributed by atoms with Crippen LogP contribution < -0.4 is 10.1 Å². The number of hydrogen-bond acceptors (Lipinski definition) is 3. The van der Waals surface area contributed by atoms with Gasteiger partial charge in [-0.15, -0.1) is 0 Å². The largest absolute Gasteiger partial charge is 0.496 e. The van der Waals surface area contributed by atoms with Crippen molar-refractivity contribution < 1.29 is 14.3 Å². The van der Waals surface area contributed by atoms with Crippen LogP contribution in [0.3, 0.4) is 0 Å². The summed E-state index contributed by atoms with van der Waals surface area (Å²) in [5.74, 6) is 0.943. The standard InChI is InChI=1S/C16H23NO3/c1-16(2,3)20-15(18)17-12-8-9-13-11(10-12)6-5-7-14(13)19-4/h5-7,12H,8-10H2,1-4H3,(H,17,18). The van der Waals surface area contributed by atoms with E-state index < -0.39 is 5.60 Å². The van der Waals surface area contributed by atoms with E-state index in [9.17, 15) is 4.79 Å². The Morgan fingerprint density at radius 2 is 2.10 bits per heavy atom. The number of fused-ring (bicyclic) bond motifs is 1. The van der Waals surface area contributed by atoms with Crippen molar-refractivity contribution >= 4 is 6.09 Å². The van der Waals surface area contributed by atoms with Gasteiger partial charge in [-0.3, -0.25) is 0 Å². The number of carbonyl (C=O) groups excluding carboxylic acids is 1. The molecule has 0 aromatic heterocycles. The number of rotatable bonds is 2. The second-order valence-electron chi connectivity index (χ2n) is 6.18. The third-order valence-electron chi connectivity index (χ3n) is 3.38. The van der Waals surface area contributed by atoms with Crippen LogP contribution in [0.15, 0.2) is 18.2 Å². The number of methoxy groups -OCH3 is 1. The van der Waals surface area contributed by atoms with Gasteiger partial charge in [-0.1, -0.05) is 12.1 Å². The van der Waals surface area contributed by atoms with Gasteiger partial charge in [-0.05, 0) is 57.2 Å². The lowest BCUT2D eigenvalue weighted by atomic mass is 9.88. The molecule has 110 valence electrons. The second-order valence-corrected chi connectivity index (χ2v) is 6.18. The van der Waals surface area contributed by atoms with Crippen LogP contribution in [-0.2, 0) is 17.6 Å². The van der Waals surface area contributed by atoms with Crippen molar-refractivity contribution in [2.75, 3.05) is 7.11 Å². The Morgan fingerprint density at radius 1 is 1.35 bits per heavy atom. The highest BCUT2D eigenvalue weighted by Gasteiger charge is 2.24. The molecule has 0 heterocycles. The molecule has 20 heavy (non-hydrogen) atoms. The maximum absolute atomic E-state index is 11.8. The first kappa shape index (κ1) is 14.7. The molecule has 4 heteroatoms. The highest BCUT2D eigenvalue weighted by molar-refractivity contribution is 5.68. The lowest BCUT2D eigenvalue weighted by Gasteiger charge is -2.28. The number of amides is 1. The molecule has 0 radical (unpaired) electrons. The summed E-state index contributed by atoms with van der Waals surface area (Å²) in [5, 5.41) is 2.95.